The molecule has 1 amide bonds. The zero-order valence-corrected chi connectivity index (χ0v) is 18.5. The lowest BCUT2D eigenvalue weighted by Gasteiger charge is -2.26. The highest BCUT2D eigenvalue weighted by atomic mass is 35.5. The number of anilines is 1. The maximum atomic E-state index is 13.1. The van der Waals surface area contributed by atoms with E-state index in [2.05, 4.69) is 5.32 Å². The zero-order chi connectivity index (χ0) is 21.7. The van der Waals surface area contributed by atoms with E-state index >= 15 is 0 Å². The summed E-state index contributed by atoms with van der Waals surface area (Å²) >= 11 is 5.85. The van der Waals surface area contributed by atoms with Crippen LogP contribution in [0, 0.1) is 0 Å². The Hall–Kier alpha value is -2.29. The van der Waals surface area contributed by atoms with Crippen LogP contribution in [0.4, 0.5) is 5.69 Å². The summed E-state index contributed by atoms with van der Waals surface area (Å²) in [5.74, 6) is 0.339. The van der Waals surface area contributed by atoms with Gasteiger partial charge < -0.3 is 14.8 Å². The number of carbonyl (C=O) groups excluding carboxylic acids is 1. The van der Waals surface area contributed by atoms with Crippen molar-refractivity contribution in [3.63, 3.8) is 0 Å². The van der Waals surface area contributed by atoms with Crippen molar-refractivity contribution in [1.82, 2.24) is 4.31 Å². The van der Waals surface area contributed by atoms with E-state index in [1.807, 2.05) is 0 Å². The molecule has 30 heavy (non-hydrogen) atoms. The first-order valence-corrected chi connectivity index (χ1v) is 11.5. The Bertz CT molecular complexity index is 989. The fourth-order valence-corrected chi connectivity index (χ4v) is 5.04. The summed E-state index contributed by atoms with van der Waals surface area (Å²) in [6.07, 6.45) is 1.88. The van der Waals surface area contributed by atoms with Gasteiger partial charge in [-0.1, -0.05) is 18.0 Å². The Morgan fingerprint density at radius 1 is 1.10 bits per heavy atom. The highest BCUT2D eigenvalue weighted by Crippen LogP contribution is 2.31. The quantitative estimate of drug-likeness (QED) is 0.688. The molecule has 2 aromatic rings. The van der Waals surface area contributed by atoms with E-state index in [1.54, 1.807) is 37.3 Å². The maximum Gasteiger partial charge on any atom is 0.265 e. The second-order valence-electron chi connectivity index (χ2n) is 7.03. The Morgan fingerprint density at radius 3 is 2.40 bits per heavy atom. The van der Waals surface area contributed by atoms with E-state index in [4.69, 9.17) is 21.1 Å². The summed E-state index contributed by atoms with van der Waals surface area (Å²) in [5.41, 5.74) is 0.350. The number of hydrogen-bond donors (Lipinski definition) is 1. The first kappa shape index (κ1) is 22.4. The highest BCUT2D eigenvalue weighted by molar-refractivity contribution is 7.89. The average molecular weight is 453 g/mol. The van der Waals surface area contributed by atoms with Crippen LogP contribution in [0.25, 0.3) is 0 Å². The number of hydrogen-bond acceptors (Lipinski definition) is 5. The molecule has 1 saturated heterocycles. The van der Waals surface area contributed by atoms with Crippen LogP contribution in [0.15, 0.2) is 47.4 Å². The van der Waals surface area contributed by atoms with Gasteiger partial charge in [-0.05, 0) is 62.2 Å². The molecule has 0 saturated carbocycles. The number of methoxy groups -OCH3 is 1. The van der Waals surface area contributed by atoms with Crippen LogP contribution < -0.4 is 14.8 Å². The Morgan fingerprint density at radius 2 is 1.77 bits per heavy atom. The predicted octanol–water partition coefficient (Wildman–Crippen LogP) is 3.93. The fraction of sp³-hybridized carbons (Fsp3) is 0.381. The number of rotatable bonds is 7. The van der Waals surface area contributed by atoms with Gasteiger partial charge in [-0.2, -0.15) is 4.31 Å². The fourth-order valence-electron chi connectivity index (χ4n) is 3.22. The van der Waals surface area contributed by atoms with Crippen LogP contribution in [0.3, 0.4) is 0 Å². The highest BCUT2D eigenvalue weighted by Gasteiger charge is 2.29. The molecule has 0 bridgehead atoms. The number of sulfonamides is 1. The van der Waals surface area contributed by atoms with Gasteiger partial charge in [0.25, 0.3) is 5.91 Å². The van der Waals surface area contributed by atoms with Gasteiger partial charge >= 0.3 is 0 Å². The molecule has 3 rings (SSSR count). The minimum atomic E-state index is -3.72. The number of carbonyl (C=O) groups is 1. The van der Waals surface area contributed by atoms with E-state index in [1.165, 1.54) is 23.5 Å². The average Bonchev–Trinajstić information content (AvgIpc) is 2.75. The van der Waals surface area contributed by atoms with Gasteiger partial charge in [0.2, 0.25) is 10.0 Å². The summed E-state index contributed by atoms with van der Waals surface area (Å²) < 4.78 is 38.6. The normalized spacial score (nSPS) is 16.0. The Labute approximate surface area is 182 Å². The minimum absolute atomic E-state index is 0.0379. The molecule has 1 aliphatic heterocycles. The Balaban J connectivity index is 1.77. The summed E-state index contributed by atoms with van der Waals surface area (Å²) in [5, 5.41) is 3.28. The minimum Gasteiger partial charge on any atom is -0.495 e. The van der Waals surface area contributed by atoms with Crippen molar-refractivity contribution in [2.45, 2.75) is 37.2 Å². The van der Waals surface area contributed by atoms with Crippen LogP contribution >= 0.6 is 11.6 Å². The van der Waals surface area contributed by atoms with E-state index in [0.29, 0.717) is 29.5 Å². The van der Waals surface area contributed by atoms with Crippen molar-refractivity contribution in [2.75, 3.05) is 25.5 Å². The SMILES string of the molecule is COc1ccc(NC(=O)[C@H](C)Oc2ccc(Cl)cc2)cc1S(=O)(=O)N1CCCCC1. The summed E-state index contributed by atoms with van der Waals surface area (Å²) in [7, 11) is -2.30. The molecule has 1 atom stereocenters. The molecular weight excluding hydrogens is 428 g/mol. The molecule has 1 N–H and O–H groups in total. The van der Waals surface area contributed by atoms with Gasteiger partial charge in [-0.3, -0.25) is 4.79 Å². The number of amides is 1. The van der Waals surface area contributed by atoms with Gasteiger partial charge in [0.1, 0.15) is 16.4 Å². The molecule has 0 spiro atoms. The third-order valence-corrected chi connectivity index (χ3v) is 7.03. The van der Waals surface area contributed by atoms with Crippen LogP contribution in [-0.2, 0) is 14.8 Å². The smallest absolute Gasteiger partial charge is 0.265 e. The van der Waals surface area contributed by atoms with Crippen molar-refractivity contribution in [3.8, 4) is 11.5 Å². The van der Waals surface area contributed by atoms with Crippen LogP contribution in [-0.4, -0.2) is 44.9 Å². The largest absolute Gasteiger partial charge is 0.495 e. The van der Waals surface area contributed by atoms with Gasteiger partial charge in [0.15, 0.2) is 6.10 Å². The molecule has 9 heteroatoms. The second kappa shape index (κ2) is 9.68. The van der Waals surface area contributed by atoms with E-state index in [9.17, 15) is 13.2 Å². The van der Waals surface area contributed by atoms with Crippen LogP contribution in [0.5, 0.6) is 11.5 Å². The van der Waals surface area contributed by atoms with E-state index in [0.717, 1.165) is 19.3 Å². The molecule has 162 valence electrons. The monoisotopic (exact) mass is 452 g/mol. The number of halogens is 1. The molecule has 0 aromatic heterocycles. The van der Waals surface area contributed by atoms with Crippen molar-refractivity contribution in [1.29, 1.82) is 0 Å². The lowest BCUT2D eigenvalue weighted by Crippen LogP contribution is -2.36. The summed E-state index contributed by atoms with van der Waals surface area (Å²) in [4.78, 5) is 12.6. The van der Waals surface area contributed by atoms with Gasteiger partial charge in [0, 0.05) is 23.8 Å². The van der Waals surface area contributed by atoms with Crippen LogP contribution in [0.2, 0.25) is 5.02 Å². The molecule has 1 fully saturated rings. The topological polar surface area (TPSA) is 84.9 Å². The lowest BCUT2D eigenvalue weighted by molar-refractivity contribution is -0.122. The van der Waals surface area contributed by atoms with Crippen LogP contribution in [0.1, 0.15) is 26.2 Å². The summed E-state index contributed by atoms with van der Waals surface area (Å²) in [6, 6.07) is 11.2. The standard InChI is InChI=1S/C21H25ClN2O5S/c1-15(29-18-9-6-16(22)7-10-18)21(25)23-17-8-11-19(28-2)20(14-17)30(26,27)24-12-4-3-5-13-24/h6-11,14-15H,3-5,12-13H2,1-2H3,(H,23,25)/t15-/m0/s1. The molecule has 7 nitrogen and oxygen atoms in total. The number of nitrogens with one attached hydrogen (secondary N) is 1. The molecule has 0 aliphatic carbocycles. The van der Waals surface area contributed by atoms with Gasteiger partial charge in [0.05, 0.1) is 7.11 Å². The molecule has 0 radical (unpaired) electrons. The second-order valence-corrected chi connectivity index (χ2v) is 9.38. The lowest BCUT2D eigenvalue weighted by atomic mass is 10.2. The third kappa shape index (κ3) is 5.24. The first-order chi connectivity index (χ1) is 14.3. The number of piperidine rings is 1. The molecule has 0 unspecified atom stereocenters. The van der Waals surface area contributed by atoms with E-state index in [-0.39, 0.29) is 10.6 Å². The number of ether oxygens (including phenoxy) is 2. The van der Waals surface area contributed by atoms with Gasteiger partial charge in [-0.15, -0.1) is 0 Å². The van der Waals surface area contributed by atoms with E-state index < -0.39 is 22.0 Å². The van der Waals surface area contributed by atoms with Crippen molar-refractivity contribution in [3.05, 3.63) is 47.5 Å². The Kier molecular flexibility index (Phi) is 7.23. The number of benzene rings is 2. The first-order valence-electron chi connectivity index (χ1n) is 9.72. The third-order valence-electron chi connectivity index (χ3n) is 4.86. The number of nitrogens with zero attached hydrogens (tertiary/aromatic N) is 1. The van der Waals surface area contributed by atoms with Crippen molar-refractivity contribution < 1.29 is 22.7 Å². The summed E-state index contributed by atoms with van der Waals surface area (Å²) in [6.45, 7) is 2.57. The predicted molar refractivity (Wildman–Crippen MR) is 116 cm³/mol. The molecule has 1 aliphatic rings. The van der Waals surface area contributed by atoms with Crippen molar-refractivity contribution in [2.24, 2.45) is 0 Å². The maximum absolute atomic E-state index is 13.1. The molecular formula is C21H25ClN2O5S. The van der Waals surface area contributed by atoms with Crippen molar-refractivity contribution >= 4 is 33.2 Å². The molecule has 2 aromatic carbocycles. The zero-order valence-electron chi connectivity index (χ0n) is 16.9. The van der Waals surface area contributed by atoms with Gasteiger partial charge in [-0.25, -0.2) is 8.42 Å². The molecule has 1 heterocycles.